The Balaban J connectivity index is 0.000000396. The summed E-state index contributed by atoms with van der Waals surface area (Å²) in [6.45, 7) is 6.73. The lowest BCUT2D eigenvalue weighted by Crippen LogP contribution is -2.11. The number of rotatable bonds is 8. The van der Waals surface area contributed by atoms with Gasteiger partial charge >= 0.3 is 11.9 Å². The SMILES string of the molecule is CC(C)(C)c1csc(-c2cc3cc(OCc4ccccc4CC(=O)O)ccc3o2)n1.O=C(O)CC1CC1. The minimum Gasteiger partial charge on any atom is -0.489 e. The van der Waals surface area contributed by atoms with Gasteiger partial charge < -0.3 is 19.4 Å². The van der Waals surface area contributed by atoms with Crippen LogP contribution in [0.15, 0.2) is 58.3 Å². The Kier molecular flexibility index (Phi) is 7.97. The molecule has 37 heavy (non-hydrogen) atoms. The molecule has 0 bridgehead atoms. The van der Waals surface area contributed by atoms with Crippen LogP contribution in [0.25, 0.3) is 21.7 Å². The van der Waals surface area contributed by atoms with E-state index < -0.39 is 11.9 Å². The molecule has 7 nitrogen and oxygen atoms in total. The third kappa shape index (κ3) is 7.43. The fraction of sp³-hybridized carbons (Fsp3) is 0.345. The zero-order valence-corrected chi connectivity index (χ0v) is 22.0. The third-order valence-electron chi connectivity index (χ3n) is 5.99. The lowest BCUT2D eigenvalue weighted by Gasteiger charge is -2.13. The van der Waals surface area contributed by atoms with E-state index in [0.29, 0.717) is 24.7 Å². The Labute approximate surface area is 219 Å². The fourth-order valence-electron chi connectivity index (χ4n) is 3.71. The van der Waals surface area contributed by atoms with E-state index in [9.17, 15) is 9.59 Å². The van der Waals surface area contributed by atoms with Crippen molar-refractivity contribution in [1.29, 1.82) is 0 Å². The second kappa shape index (κ2) is 11.2. The summed E-state index contributed by atoms with van der Waals surface area (Å²) < 4.78 is 11.9. The van der Waals surface area contributed by atoms with Gasteiger partial charge in [-0.05, 0) is 54.2 Å². The molecule has 8 heteroatoms. The van der Waals surface area contributed by atoms with Crippen molar-refractivity contribution < 1.29 is 29.0 Å². The van der Waals surface area contributed by atoms with Gasteiger partial charge in [0.05, 0.1) is 12.1 Å². The highest BCUT2D eigenvalue weighted by atomic mass is 32.1. The van der Waals surface area contributed by atoms with E-state index in [2.05, 4.69) is 26.2 Å². The van der Waals surface area contributed by atoms with E-state index >= 15 is 0 Å². The number of hydrogen-bond donors (Lipinski definition) is 2. The van der Waals surface area contributed by atoms with E-state index in [1.54, 1.807) is 11.3 Å². The summed E-state index contributed by atoms with van der Waals surface area (Å²) in [4.78, 5) is 25.6. The predicted molar refractivity (Wildman–Crippen MR) is 143 cm³/mol. The highest BCUT2D eigenvalue weighted by molar-refractivity contribution is 7.13. The number of thiazole rings is 1. The van der Waals surface area contributed by atoms with Crippen molar-refractivity contribution >= 4 is 34.2 Å². The van der Waals surface area contributed by atoms with Crippen LogP contribution in [0.2, 0.25) is 0 Å². The summed E-state index contributed by atoms with van der Waals surface area (Å²) in [5.74, 6) is 0.468. The minimum atomic E-state index is -0.855. The average Bonchev–Trinajstić information content (AvgIpc) is 3.31. The summed E-state index contributed by atoms with van der Waals surface area (Å²) >= 11 is 1.58. The van der Waals surface area contributed by atoms with Crippen molar-refractivity contribution in [3.63, 3.8) is 0 Å². The van der Waals surface area contributed by atoms with Crippen molar-refractivity contribution in [2.45, 2.75) is 58.5 Å². The largest absolute Gasteiger partial charge is 0.489 e. The van der Waals surface area contributed by atoms with Crippen LogP contribution < -0.4 is 4.74 Å². The molecule has 0 aliphatic heterocycles. The molecule has 4 aromatic rings. The number of ether oxygens (including phenoxy) is 1. The highest BCUT2D eigenvalue weighted by Crippen LogP contribution is 2.34. The molecule has 2 N–H and O–H groups in total. The zero-order chi connectivity index (χ0) is 26.6. The maximum atomic E-state index is 11.1. The van der Waals surface area contributed by atoms with Gasteiger partial charge in [0.25, 0.3) is 0 Å². The van der Waals surface area contributed by atoms with Gasteiger partial charge in [-0.15, -0.1) is 11.3 Å². The molecule has 0 amide bonds. The number of furan rings is 1. The molecule has 2 heterocycles. The van der Waals surface area contributed by atoms with Crippen LogP contribution in [0.5, 0.6) is 5.75 Å². The summed E-state index contributed by atoms with van der Waals surface area (Å²) in [6.07, 6.45) is 2.63. The first kappa shape index (κ1) is 26.4. The zero-order valence-electron chi connectivity index (χ0n) is 21.2. The number of hydrogen-bond acceptors (Lipinski definition) is 6. The van der Waals surface area contributed by atoms with Gasteiger partial charge in [0.15, 0.2) is 10.8 Å². The maximum absolute atomic E-state index is 11.1. The number of carboxylic acids is 2. The number of benzene rings is 2. The van der Waals surface area contributed by atoms with Crippen molar-refractivity contribution in [3.8, 4) is 16.5 Å². The normalized spacial score (nSPS) is 13.2. The summed E-state index contributed by atoms with van der Waals surface area (Å²) in [5, 5.41) is 21.1. The maximum Gasteiger partial charge on any atom is 0.307 e. The third-order valence-corrected chi connectivity index (χ3v) is 6.84. The fourth-order valence-corrected chi connectivity index (χ4v) is 4.71. The van der Waals surface area contributed by atoms with Crippen LogP contribution in [0.4, 0.5) is 0 Å². The van der Waals surface area contributed by atoms with Gasteiger partial charge in [-0.25, -0.2) is 4.98 Å². The number of aromatic nitrogens is 1. The van der Waals surface area contributed by atoms with E-state index in [-0.39, 0.29) is 11.8 Å². The molecule has 194 valence electrons. The van der Waals surface area contributed by atoms with E-state index in [1.165, 1.54) is 0 Å². The molecule has 1 aliphatic carbocycles. The lowest BCUT2D eigenvalue weighted by molar-refractivity contribution is -0.138. The molecule has 0 spiro atoms. The Bertz CT molecular complexity index is 1390. The van der Waals surface area contributed by atoms with Crippen molar-refractivity contribution in [1.82, 2.24) is 4.98 Å². The molecule has 5 rings (SSSR count). The Morgan fingerprint density at radius 3 is 2.38 bits per heavy atom. The number of carbonyl (C=O) groups is 2. The Morgan fingerprint density at radius 2 is 1.78 bits per heavy atom. The lowest BCUT2D eigenvalue weighted by atomic mass is 9.93. The smallest absolute Gasteiger partial charge is 0.307 e. The molecule has 0 saturated heterocycles. The van der Waals surface area contributed by atoms with Crippen molar-refractivity contribution in [2.24, 2.45) is 5.92 Å². The first-order chi connectivity index (χ1) is 17.6. The quantitative estimate of drug-likeness (QED) is 0.259. The Morgan fingerprint density at radius 1 is 1.05 bits per heavy atom. The standard InChI is InChI=1S/C24H23NO4S.C5H8O2/c1-24(2,3)21-14-30-23(25-21)20-11-17-10-18(8-9-19(17)29-20)28-13-16-7-5-4-6-15(16)12-22(26)27;6-5(7)3-4-1-2-4/h4-11,14H,12-13H2,1-3H3,(H,26,27);4H,1-3H2,(H,6,7). The number of aliphatic carboxylic acids is 2. The van der Waals surface area contributed by atoms with Gasteiger partial charge in [-0.2, -0.15) is 0 Å². The summed E-state index contributed by atoms with van der Waals surface area (Å²) in [7, 11) is 0. The van der Waals surface area contributed by atoms with Gasteiger partial charge in [0.2, 0.25) is 0 Å². The number of fused-ring (bicyclic) bond motifs is 1. The number of nitrogens with zero attached hydrogens (tertiary/aromatic N) is 1. The monoisotopic (exact) mass is 521 g/mol. The molecular weight excluding hydrogens is 490 g/mol. The topological polar surface area (TPSA) is 110 Å². The van der Waals surface area contributed by atoms with Gasteiger partial charge in [0.1, 0.15) is 17.9 Å². The van der Waals surface area contributed by atoms with Crippen LogP contribution in [0, 0.1) is 5.92 Å². The molecule has 1 saturated carbocycles. The van der Waals surface area contributed by atoms with Crippen LogP contribution in [0.3, 0.4) is 0 Å². The first-order valence-electron chi connectivity index (χ1n) is 12.2. The van der Waals surface area contributed by atoms with E-state index in [4.69, 9.17) is 24.4 Å². The van der Waals surface area contributed by atoms with E-state index in [0.717, 1.165) is 51.4 Å². The van der Waals surface area contributed by atoms with Crippen LogP contribution in [0.1, 0.15) is 56.9 Å². The van der Waals surface area contributed by atoms with Gasteiger partial charge in [0, 0.05) is 22.6 Å². The van der Waals surface area contributed by atoms with Crippen molar-refractivity contribution in [2.75, 3.05) is 0 Å². The number of carboxylic acid groups (broad SMARTS) is 2. The average molecular weight is 522 g/mol. The first-order valence-corrected chi connectivity index (χ1v) is 13.1. The molecular formula is C29H31NO6S. The van der Waals surface area contributed by atoms with Crippen LogP contribution in [-0.2, 0) is 28.0 Å². The van der Waals surface area contributed by atoms with E-state index in [1.807, 2.05) is 48.5 Å². The van der Waals surface area contributed by atoms with Crippen LogP contribution >= 0.6 is 11.3 Å². The Hall–Kier alpha value is -3.65. The molecule has 0 atom stereocenters. The summed E-state index contributed by atoms with van der Waals surface area (Å²) in [6, 6.07) is 15.1. The van der Waals surface area contributed by atoms with Crippen LogP contribution in [-0.4, -0.2) is 27.1 Å². The molecule has 1 aliphatic rings. The molecule has 2 aromatic heterocycles. The van der Waals surface area contributed by atoms with Gasteiger partial charge in [-0.1, -0.05) is 45.0 Å². The summed E-state index contributed by atoms with van der Waals surface area (Å²) in [5.41, 5.74) is 3.45. The van der Waals surface area contributed by atoms with Gasteiger partial charge in [-0.3, -0.25) is 9.59 Å². The predicted octanol–water partition coefficient (Wildman–Crippen LogP) is 6.93. The van der Waals surface area contributed by atoms with Crippen molar-refractivity contribution in [3.05, 3.63) is 70.7 Å². The molecule has 0 radical (unpaired) electrons. The second-order valence-electron chi connectivity index (χ2n) is 10.3. The molecule has 0 unspecified atom stereocenters. The molecule has 1 fully saturated rings. The minimum absolute atomic E-state index is 0.00128. The second-order valence-corrected chi connectivity index (χ2v) is 11.1. The molecule has 2 aromatic carbocycles. The highest BCUT2D eigenvalue weighted by Gasteiger charge is 2.23.